The van der Waals surface area contributed by atoms with Crippen LogP contribution in [0.4, 0.5) is 0 Å². The predicted molar refractivity (Wildman–Crippen MR) is 132 cm³/mol. The fourth-order valence-electron chi connectivity index (χ4n) is 4.61. The Bertz CT molecular complexity index is 1410. The monoisotopic (exact) mass is 463 g/mol. The van der Waals surface area contributed by atoms with Gasteiger partial charge in [0.25, 0.3) is 11.8 Å². The third-order valence-corrected chi connectivity index (χ3v) is 6.62. The summed E-state index contributed by atoms with van der Waals surface area (Å²) >= 11 is 0. The van der Waals surface area contributed by atoms with Gasteiger partial charge in [-0.05, 0) is 66.3 Å². The lowest BCUT2D eigenvalue weighted by Gasteiger charge is -2.32. The summed E-state index contributed by atoms with van der Waals surface area (Å²) < 4.78 is 1.93. The van der Waals surface area contributed by atoms with Gasteiger partial charge in [0.1, 0.15) is 5.65 Å². The van der Waals surface area contributed by atoms with Gasteiger partial charge in [0.2, 0.25) is 0 Å². The van der Waals surface area contributed by atoms with Crippen LogP contribution >= 0.6 is 0 Å². The van der Waals surface area contributed by atoms with Gasteiger partial charge in [0.15, 0.2) is 0 Å². The Kier molecular flexibility index (Phi) is 6.27. The first-order valence-corrected chi connectivity index (χ1v) is 11.7. The van der Waals surface area contributed by atoms with Crippen molar-refractivity contribution in [2.75, 3.05) is 13.1 Å². The minimum atomic E-state index is -0.115. The highest BCUT2D eigenvalue weighted by Gasteiger charge is 2.26. The molecule has 2 aromatic heterocycles. The number of hydrogen-bond acceptors (Lipinski definition) is 4. The molecular weight excluding hydrogens is 438 g/mol. The maximum atomic E-state index is 12.9. The topological polar surface area (TPSA) is 90.5 Å². The van der Waals surface area contributed by atoms with Crippen LogP contribution in [-0.4, -0.2) is 39.2 Å². The number of nitrogens with one attached hydrogen (secondary N) is 1. The molecule has 3 heterocycles. The lowest BCUT2D eigenvalue weighted by Crippen LogP contribution is -2.38. The fraction of sp³-hybridized carbons (Fsp3) is 0.214. The first kappa shape index (κ1) is 22.4. The highest BCUT2D eigenvalue weighted by molar-refractivity contribution is 5.96. The van der Waals surface area contributed by atoms with Crippen LogP contribution in [0.25, 0.3) is 5.65 Å². The maximum absolute atomic E-state index is 12.9. The van der Waals surface area contributed by atoms with E-state index in [4.69, 9.17) is 0 Å². The molecule has 2 aromatic carbocycles. The van der Waals surface area contributed by atoms with Crippen LogP contribution in [0.3, 0.4) is 0 Å². The third-order valence-electron chi connectivity index (χ3n) is 6.62. The molecule has 0 unspecified atom stereocenters. The Morgan fingerprint density at radius 2 is 1.80 bits per heavy atom. The van der Waals surface area contributed by atoms with E-state index in [0.717, 1.165) is 24.1 Å². The van der Waals surface area contributed by atoms with Gasteiger partial charge in [-0.25, -0.2) is 4.98 Å². The molecule has 0 bridgehead atoms. The molecule has 7 heteroatoms. The molecule has 0 aliphatic carbocycles. The number of nitriles is 1. The van der Waals surface area contributed by atoms with Gasteiger partial charge in [-0.1, -0.05) is 24.3 Å². The van der Waals surface area contributed by atoms with Crippen molar-refractivity contribution in [1.29, 1.82) is 5.26 Å². The van der Waals surface area contributed by atoms with Crippen molar-refractivity contribution in [3.63, 3.8) is 0 Å². The number of nitrogens with zero attached hydrogens (tertiary/aromatic N) is 4. The second kappa shape index (κ2) is 9.82. The number of benzene rings is 2. The van der Waals surface area contributed by atoms with Gasteiger partial charge in [-0.2, -0.15) is 5.26 Å². The van der Waals surface area contributed by atoms with E-state index in [1.807, 2.05) is 58.1 Å². The molecule has 174 valence electrons. The zero-order valence-electron chi connectivity index (χ0n) is 19.2. The van der Waals surface area contributed by atoms with Gasteiger partial charge in [-0.3, -0.25) is 9.59 Å². The second-order valence-electron chi connectivity index (χ2n) is 8.76. The highest BCUT2D eigenvalue weighted by Crippen LogP contribution is 2.29. The number of carbonyl (C=O) groups is 2. The Hall–Kier alpha value is -4.44. The molecule has 0 radical (unpaired) electrons. The number of amides is 2. The minimum Gasteiger partial charge on any atom is -0.348 e. The standard InChI is InChI=1S/C28H25N5O2/c29-18-24-3-1-2-4-25(24)28(35)33-14-10-22(11-15-33)21-5-7-23(8-6-21)27(34)31-19-20-9-13-32-16-12-30-26(32)17-20/h1-9,12-13,16-17,22H,10-11,14-15,19H2,(H,31,34). The second-order valence-corrected chi connectivity index (χ2v) is 8.76. The van der Waals surface area contributed by atoms with Gasteiger partial charge in [0, 0.05) is 43.8 Å². The van der Waals surface area contributed by atoms with Crippen LogP contribution in [0, 0.1) is 11.3 Å². The largest absolute Gasteiger partial charge is 0.348 e. The summed E-state index contributed by atoms with van der Waals surface area (Å²) in [6.45, 7) is 1.73. The Morgan fingerprint density at radius 3 is 2.57 bits per heavy atom. The lowest BCUT2D eigenvalue weighted by atomic mass is 9.88. The number of pyridine rings is 1. The van der Waals surface area contributed by atoms with E-state index in [9.17, 15) is 14.9 Å². The molecule has 1 saturated heterocycles. The molecule has 7 nitrogen and oxygen atoms in total. The quantitative estimate of drug-likeness (QED) is 0.481. The zero-order chi connectivity index (χ0) is 24.2. The van der Waals surface area contributed by atoms with Gasteiger partial charge in [-0.15, -0.1) is 0 Å². The first-order valence-electron chi connectivity index (χ1n) is 11.7. The summed E-state index contributed by atoms with van der Waals surface area (Å²) in [5, 5.41) is 12.3. The summed E-state index contributed by atoms with van der Waals surface area (Å²) in [5.41, 5.74) is 4.52. The molecule has 5 rings (SSSR count). The number of aromatic nitrogens is 2. The molecule has 1 aliphatic rings. The van der Waals surface area contributed by atoms with Gasteiger partial charge in [0.05, 0.1) is 17.2 Å². The van der Waals surface area contributed by atoms with Crippen LogP contribution < -0.4 is 5.32 Å². The smallest absolute Gasteiger partial charge is 0.255 e. The Morgan fingerprint density at radius 1 is 1.03 bits per heavy atom. The third kappa shape index (κ3) is 4.78. The van der Waals surface area contributed by atoms with Crippen molar-refractivity contribution in [3.05, 3.63) is 107 Å². The maximum Gasteiger partial charge on any atom is 0.255 e. The zero-order valence-corrected chi connectivity index (χ0v) is 19.2. The number of fused-ring (bicyclic) bond motifs is 1. The normalized spacial score (nSPS) is 14.0. The fourth-order valence-corrected chi connectivity index (χ4v) is 4.61. The summed E-state index contributed by atoms with van der Waals surface area (Å²) in [4.78, 5) is 31.6. The molecule has 4 aromatic rings. The summed E-state index contributed by atoms with van der Waals surface area (Å²) in [6, 6.07) is 20.7. The number of imidazole rings is 1. The van der Waals surface area contributed by atoms with Crippen molar-refractivity contribution in [1.82, 2.24) is 19.6 Å². The van der Waals surface area contributed by atoms with Gasteiger partial charge < -0.3 is 14.6 Å². The van der Waals surface area contributed by atoms with Crippen LogP contribution in [0.1, 0.15) is 56.2 Å². The van der Waals surface area contributed by atoms with Crippen LogP contribution in [-0.2, 0) is 6.54 Å². The van der Waals surface area contributed by atoms with E-state index in [1.165, 1.54) is 5.56 Å². The molecule has 0 spiro atoms. The van der Waals surface area contributed by atoms with E-state index >= 15 is 0 Å². The van der Waals surface area contributed by atoms with Crippen LogP contribution in [0.5, 0.6) is 0 Å². The highest BCUT2D eigenvalue weighted by atomic mass is 16.2. The lowest BCUT2D eigenvalue weighted by molar-refractivity contribution is 0.0712. The van der Waals surface area contributed by atoms with Gasteiger partial charge >= 0.3 is 0 Å². The number of carbonyl (C=O) groups excluding carboxylic acids is 2. The van der Waals surface area contributed by atoms with Crippen LogP contribution in [0.2, 0.25) is 0 Å². The predicted octanol–water partition coefficient (Wildman–Crippen LogP) is 4.16. The van der Waals surface area contributed by atoms with E-state index in [2.05, 4.69) is 16.4 Å². The molecule has 1 aliphatic heterocycles. The van der Waals surface area contributed by atoms with E-state index in [0.29, 0.717) is 42.2 Å². The first-order chi connectivity index (χ1) is 17.1. The van der Waals surface area contributed by atoms with Crippen LogP contribution in [0.15, 0.2) is 79.3 Å². The number of hydrogen-bond donors (Lipinski definition) is 1. The van der Waals surface area contributed by atoms with Crippen molar-refractivity contribution >= 4 is 17.5 Å². The molecular formula is C28H25N5O2. The summed E-state index contributed by atoms with van der Waals surface area (Å²) in [5.74, 6) is 0.138. The average molecular weight is 464 g/mol. The number of piperidine rings is 1. The molecule has 1 N–H and O–H groups in total. The summed E-state index contributed by atoms with van der Waals surface area (Å²) in [7, 11) is 0. The van der Waals surface area contributed by atoms with Crippen molar-refractivity contribution in [2.24, 2.45) is 0 Å². The molecule has 2 amide bonds. The number of likely N-dealkylation sites (tertiary alicyclic amines) is 1. The minimum absolute atomic E-state index is 0.0838. The summed E-state index contributed by atoms with van der Waals surface area (Å²) in [6.07, 6.45) is 7.26. The SMILES string of the molecule is N#Cc1ccccc1C(=O)N1CCC(c2ccc(C(=O)NCc3ccn4ccnc4c3)cc2)CC1. The van der Waals surface area contributed by atoms with E-state index in [-0.39, 0.29) is 11.8 Å². The molecule has 35 heavy (non-hydrogen) atoms. The Balaban J connectivity index is 1.16. The van der Waals surface area contributed by atoms with Crippen molar-refractivity contribution in [3.8, 4) is 6.07 Å². The average Bonchev–Trinajstić information content (AvgIpc) is 3.39. The Labute approximate surface area is 203 Å². The molecule has 1 fully saturated rings. The van der Waals surface area contributed by atoms with E-state index < -0.39 is 0 Å². The van der Waals surface area contributed by atoms with E-state index in [1.54, 1.807) is 30.5 Å². The van der Waals surface area contributed by atoms with Crippen molar-refractivity contribution in [2.45, 2.75) is 25.3 Å². The molecule has 0 saturated carbocycles. The number of rotatable bonds is 5. The molecule has 0 atom stereocenters. The van der Waals surface area contributed by atoms with Crippen molar-refractivity contribution < 1.29 is 9.59 Å².